The summed E-state index contributed by atoms with van der Waals surface area (Å²) >= 11 is 5.23. The Morgan fingerprint density at radius 1 is 1.20 bits per heavy atom. The van der Waals surface area contributed by atoms with Crippen LogP contribution in [0.3, 0.4) is 0 Å². The highest BCUT2D eigenvalue weighted by molar-refractivity contribution is 9.10. The Hall–Kier alpha value is -2.35. The predicted octanol–water partition coefficient (Wildman–Crippen LogP) is 4.93. The molecule has 154 valence electrons. The predicted molar refractivity (Wildman–Crippen MR) is 123 cm³/mol. The van der Waals surface area contributed by atoms with Crippen molar-refractivity contribution in [3.63, 3.8) is 0 Å². The number of nitrogens with zero attached hydrogens (tertiary/aromatic N) is 1. The Morgan fingerprint density at radius 3 is 2.83 bits per heavy atom. The van der Waals surface area contributed by atoms with Gasteiger partial charge < -0.3 is 15.4 Å². The second-order valence-corrected chi connectivity index (χ2v) is 9.61. The minimum atomic E-state index is -0.321. The van der Waals surface area contributed by atoms with Crippen molar-refractivity contribution in [2.24, 2.45) is 0 Å². The molecule has 3 aromatic rings. The van der Waals surface area contributed by atoms with Crippen LogP contribution in [0.5, 0.6) is 5.75 Å². The molecular weight excluding hydrogens is 462 g/mol. The van der Waals surface area contributed by atoms with Gasteiger partial charge in [0.1, 0.15) is 16.9 Å². The molecule has 2 aliphatic rings. The summed E-state index contributed by atoms with van der Waals surface area (Å²) in [6.07, 6.45) is 0.575. The number of rotatable bonds is 4. The first-order valence-corrected chi connectivity index (χ1v) is 11.5. The SMILES string of the molecule is COc1ccc(Br)cc1[C@@H]1NC(=O)c2c(sc3c2CCN(Cc2ccccc2)C3)N1. The number of methoxy groups -OCH3 is 1. The van der Waals surface area contributed by atoms with Crippen molar-refractivity contribution in [3.05, 3.63) is 80.1 Å². The molecule has 5 nitrogen and oxygen atoms in total. The number of hydrogen-bond donors (Lipinski definition) is 2. The van der Waals surface area contributed by atoms with Gasteiger partial charge in [-0.1, -0.05) is 46.3 Å². The summed E-state index contributed by atoms with van der Waals surface area (Å²) in [5, 5.41) is 7.61. The van der Waals surface area contributed by atoms with Gasteiger partial charge in [-0.3, -0.25) is 9.69 Å². The van der Waals surface area contributed by atoms with E-state index in [-0.39, 0.29) is 12.1 Å². The van der Waals surface area contributed by atoms with E-state index in [0.29, 0.717) is 0 Å². The van der Waals surface area contributed by atoms with Crippen molar-refractivity contribution in [2.45, 2.75) is 25.7 Å². The standard InChI is InChI=1S/C23H22BrN3O2S/c1-29-18-8-7-15(24)11-17(18)21-25-22(28)20-16-9-10-27(12-14-5-3-2-4-6-14)13-19(16)30-23(20)26-21/h2-8,11,21,26H,9-10,12-13H2,1H3,(H,25,28)/t21-/m1/s1. The Balaban J connectivity index is 1.41. The zero-order valence-electron chi connectivity index (χ0n) is 16.6. The van der Waals surface area contributed by atoms with E-state index in [1.807, 2.05) is 24.3 Å². The molecule has 0 saturated carbocycles. The van der Waals surface area contributed by atoms with Gasteiger partial charge in [0.15, 0.2) is 0 Å². The third-order valence-corrected chi connectivity index (χ3v) is 7.31. The molecule has 1 aromatic heterocycles. The van der Waals surface area contributed by atoms with E-state index < -0.39 is 0 Å². The smallest absolute Gasteiger partial charge is 0.256 e. The Bertz CT molecular complexity index is 1100. The molecule has 0 spiro atoms. The number of anilines is 1. The summed E-state index contributed by atoms with van der Waals surface area (Å²) in [6.45, 7) is 2.77. The maximum Gasteiger partial charge on any atom is 0.256 e. The summed E-state index contributed by atoms with van der Waals surface area (Å²) in [5.41, 5.74) is 4.24. The van der Waals surface area contributed by atoms with Gasteiger partial charge in [-0.2, -0.15) is 0 Å². The molecule has 0 aliphatic carbocycles. The van der Waals surface area contributed by atoms with Gasteiger partial charge in [0.2, 0.25) is 0 Å². The van der Waals surface area contributed by atoms with E-state index in [0.717, 1.165) is 52.4 Å². The van der Waals surface area contributed by atoms with Crippen molar-refractivity contribution in [3.8, 4) is 5.75 Å². The number of hydrogen-bond acceptors (Lipinski definition) is 5. The van der Waals surface area contributed by atoms with E-state index in [1.165, 1.54) is 16.0 Å². The lowest BCUT2D eigenvalue weighted by molar-refractivity contribution is 0.0934. The minimum Gasteiger partial charge on any atom is -0.496 e. The first-order chi connectivity index (χ1) is 14.6. The summed E-state index contributed by atoms with van der Waals surface area (Å²) in [7, 11) is 1.65. The Labute approximate surface area is 188 Å². The zero-order valence-corrected chi connectivity index (χ0v) is 19.0. The topological polar surface area (TPSA) is 53.6 Å². The van der Waals surface area contributed by atoms with Crippen LogP contribution < -0.4 is 15.4 Å². The van der Waals surface area contributed by atoms with E-state index in [1.54, 1.807) is 18.4 Å². The number of nitrogens with one attached hydrogen (secondary N) is 2. The number of thiophene rings is 1. The number of halogens is 1. The van der Waals surface area contributed by atoms with Crippen LogP contribution in [0.25, 0.3) is 0 Å². The average Bonchev–Trinajstić information content (AvgIpc) is 3.12. The van der Waals surface area contributed by atoms with E-state index in [9.17, 15) is 4.79 Å². The summed E-state index contributed by atoms with van der Waals surface area (Å²) in [4.78, 5) is 16.8. The fourth-order valence-electron chi connectivity index (χ4n) is 4.23. The fourth-order valence-corrected chi connectivity index (χ4v) is 5.93. The number of ether oxygens (including phenoxy) is 1. The van der Waals surface area contributed by atoms with Crippen LogP contribution in [0.15, 0.2) is 53.0 Å². The van der Waals surface area contributed by atoms with Crippen molar-refractivity contribution in [1.82, 2.24) is 10.2 Å². The van der Waals surface area contributed by atoms with Crippen molar-refractivity contribution in [2.75, 3.05) is 19.0 Å². The summed E-state index contributed by atoms with van der Waals surface area (Å²) in [5.74, 6) is 0.736. The first-order valence-electron chi connectivity index (χ1n) is 9.94. The van der Waals surface area contributed by atoms with Crippen LogP contribution in [0.4, 0.5) is 5.00 Å². The van der Waals surface area contributed by atoms with Crippen LogP contribution in [-0.4, -0.2) is 24.5 Å². The van der Waals surface area contributed by atoms with Crippen LogP contribution in [0.2, 0.25) is 0 Å². The fraction of sp³-hybridized carbons (Fsp3) is 0.261. The van der Waals surface area contributed by atoms with Crippen molar-refractivity contribution in [1.29, 1.82) is 0 Å². The van der Waals surface area contributed by atoms with Gasteiger partial charge in [0, 0.05) is 34.5 Å². The molecule has 1 amide bonds. The zero-order chi connectivity index (χ0) is 20.7. The second kappa shape index (κ2) is 8.06. The molecule has 0 bridgehead atoms. The van der Waals surface area contributed by atoms with Gasteiger partial charge in [0.05, 0.1) is 12.7 Å². The number of carbonyl (C=O) groups excluding carboxylic acids is 1. The lowest BCUT2D eigenvalue weighted by Crippen LogP contribution is -2.39. The van der Waals surface area contributed by atoms with Gasteiger partial charge >= 0.3 is 0 Å². The quantitative estimate of drug-likeness (QED) is 0.552. The lowest BCUT2D eigenvalue weighted by Gasteiger charge is -2.29. The average molecular weight is 484 g/mol. The molecule has 2 N–H and O–H groups in total. The number of benzene rings is 2. The summed E-state index contributed by atoms with van der Waals surface area (Å²) in [6, 6.07) is 16.4. The van der Waals surface area contributed by atoms with Crippen LogP contribution >= 0.6 is 27.3 Å². The van der Waals surface area contributed by atoms with E-state index in [2.05, 4.69) is 55.7 Å². The van der Waals surface area contributed by atoms with Gasteiger partial charge in [0.25, 0.3) is 5.91 Å². The molecule has 2 aliphatic heterocycles. The molecule has 5 rings (SSSR count). The molecule has 3 heterocycles. The van der Waals surface area contributed by atoms with E-state index in [4.69, 9.17) is 4.74 Å². The normalized spacial score (nSPS) is 18.2. The molecule has 2 aromatic carbocycles. The maximum atomic E-state index is 13.0. The van der Waals surface area contributed by atoms with Crippen molar-refractivity contribution < 1.29 is 9.53 Å². The Morgan fingerprint density at radius 2 is 2.03 bits per heavy atom. The molecular formula is C23H22BrN3O2S. The highest BCUT2D eigenvalue weighted by atomic mass is 79.9. The van der Waals surface area contributed by atoms with Gasteiger partial charge in [-0.25, -0.2) is 0 Å². The largest absolute Gasteiger partial charge is 0.496 e. The summed E-state index contributed by atoms with van der Waals surface area (Å²) < 4.78 is 6.46. The molecule has 0 radical (unpaired) electrons. The molecule has 0 saturated heterocycles. The van der Waals surface area contributed by atoms with Gasteiger partial charge in [-0.15, -0.1) is 11.3 Å². The third kappa shape index (κ3) is 3.62. The van der Waals surface area contributed by atoms with Crippen LogP contribution in [0.1, 0.15) is 38.1 Å². The molecule has 30 heavy (non-hydrogen) atoms. The van der Waals surface area contributed by atoms with E-state index >= 15 is 0 Å². The van der Waals surface area contributed by atoms with Crippen LogP contribution in [-0.2, 0) is 19.5 Å². The first kappa shape index (κ1) is 19.6. The van der Waals surface area contributed by atoms with Gasteiger partial charge in [-0.05, 0) is 35.7 Å². The molecule has 0 unspecified atom stereocenters. The second-order valence-electron chi connectivity index (χ2n) is 7.59. The molecule has 0 fully saturated rings. The van der Waals surface area contributed by atoms with Crippen LogP contribution in [0, 0.1) is 0 Å². The monoisotopic (exact) mass is 483 g/mol. The number of carbonyl (C=O) groups is 1. The van der Waals surface area contributed by atoms with Crippen molar-refractivity contribution >= 4 is 38.2 Å². The number of amides is 1. The minimum absolute atomic E-state index is 0.00946. The number of fused-ring (bicyclic) bond motifs is 3. The molecule has 1 atom stereocenters. The lowest BCUT2D eigenvalue weighted by atomic mass is 10.00. The highest BCUT2D eigenvalue weighted by Crippen LogP contribution is 2.42. The Kier molecular flexibility index (Phi) is 5.26. The maximum absolute atomic E-state index is 13.0. The highest BCUT2D eigenvalue weighted by Gasteiger charge is 2.34. The molecule has 7 heteroatoms. The third-order valence-electron chi connectivity index (χ3n) is 5.67.